The van der Waals surface area contributed by atoms with Gasteiger partial charge in [0.05, 0.1) is 5.66 Å². The lowest BCUT2D eigenvalue weighted by atomic mass is 9.86. The van der Waals surface area contributed by atoms with Crippen LogP contribution in [0.25, 0.3) is 11.6 Å². The van der Waals surface area contributed by atoms with Crippen LogP contribution < -0.4 is 11.5 Å². The van der Waals surface area contributed by atoms with Crippen molar-refractivity contribution in [1.29, 1.82) is 0 Å². The monoisotopic (exact) mass is 288 g/mol. The third-order valence-electron chi connectivity index (χ3n) is 3.78. The predicted octanol–water partition coefficient (Wildman–Crippen LogP) is 3.73. The summed E-state index contributed by atoms with van der Waals surface area (Å²) >= 11 is 0. The highest BCUT2D eigenvalue weighted by molar-refractivity contribution is 5.77. The van der Waals surface area contributed by atoms with Crippen LogP contribution in [0.3, 0.4) is 0 Å². The molecule has 2 heteroatoms. The van der Waals surface area contributed by atoms with Crippen LogP contribution in [0.15, 0.2) is 84.5 Å². The zero-order chi connectivity index (χ0) is 15.4. The second kappa shape index (κ2) is 6.14. The van der Waals surface area contributed by atoms with Gasteiger partial charge in [0.2, 0.25) is 0 Å². The van der Waals surface area contributed by atoms with Gasteiger partial charge in [-0.1, -0.05) is 78.9 Å². The number of hydrogen-bond donors (Lipinski definition) is 2. The van der Waals surface area contributed by atoms with Gasteiger partial charge in [0.1, 0.15) is 0 Å². The molecule has 0 saturated carbocycles. The van der Waals surface area contributed by atoms with Crippen molar-refractivity contribution >= 4 is 11.6 Å². The molecule has 0 spiro atoms. The number of allylic oxidation sites excluding steroid dienone is 3. The van der Waals surface area contributed by atoms with Gasteiger partial charge >= 0.3 is 0 Å². The van der Waals surface area contributed by atoms with E-state index in [4.69, 9.17) is 11.5 Å². The maximum atomic E-state index is 6.11. The molecule has 4 N–H and O–H groups in total. The molecule has 2 aromatic carbocycles. The average molecular weight is 288 g/mol. The van der Waals surface area contributed by atoms with Gasteiger partial charge in [0, 0.05) is 6.42 Å². The maximum absolute atomic E-state index is 6.11. The van der Waals surface area contributed by atoms with Gasteiger partial charge in [-0.15, -0.1) is 0 Å². The van der Waals surface area contributed by atoms with Crippen molar-refractivity contribution in [1.82, 2.24) is 0 Å². The molecule has 22 heavy (non-hydrogen) atoms. The Hall–Kier alpha value is -2.42. The summed E-state index contributed by atoms with van der Waals surface area (Å²) in [5, 5.41) is 0. The Kier molecular flexibility index (Phi) is 4.05. The number of benzene rings is 2. The Bertz CT molecular complexity index is 723. The minimum Gasteiger partial charge on any atom is -0.310 e. The normalized spacial score (nSPS) is 17.2. The lowest BCUT2D eigenvalue weighted by Gasteiger charge is -2.27. The lowest BCUT2D eigenvalue weighted by molar-refractivity contribution is 0.564. The fraction of sp³-hybridized carbons (Fsp3) is 0.100. The summed E-state index contributed by atoms with van der Waals surface area (Å²) < 4.78 is 0. The van der Waals surface area contributed by atoms with Gasteiger partial charge < -0.3 is 11.5 Å². The Labute approximate surface area is 131 Å². The molecule has 0 aromatic heterocycles. The van der Waals surface area contributed by atoms with E-state index < -0.39 is 5.66 Å². The highest BCUT2D eigenvalue weighted by Gasteiger charge is 2.23. The summed E-state index contributed by atoms with van der Waals surface area (Å²) in [5.74, 6) is 0. The first kappa shape index (κ1) is 14.5. The molecule has 0 radical (unpaired) electrons. The van der Waals surface area contributed by atoms with Crippen LogP contribution in [0, 0.1) is 0 Å². The summed E-state index contributed by atoms with van der Waals surface area (Å²) in [6, 6.07) is 20.5. The van der Waals surface area contributed by atoms with Crippen LogP contribution in [0.4, 0.5) is 0 Å². The first-order valence-corrected chi connectivity index (χ1v) is 7.43. The molecule has 0 atom stereocenters. The van der Waals surface area contributed by atoms with Crippen molar-refractivity contribution in [2.24, 2.45) is 11.5 Å². The van der Waals surface area contributed by atoms with E-state index in [1.807, 2.05) is 48.6 Å². The van der Waals surface area contributed by atoms with E-state index in [9.17, 15) is 0 Å². The minimum absolute atomic E-state index is 0.627. The van der Waals surface area contributed by atoms with Crippen LogP contribution in [0.2, 0.25) is 0 Å². The van der Waals surface area contributed by atoms with Crippen molar-refractivity contribution in [3.8, 4) is 0 Å². The third-order valence-corrected chi connectivity index (χ3v) is 3.78. The molecule has 0 aliphatic heterocycles. The van der Waals surface area contributed by atoms with Crippen LogP contribution in [0.1, 0.15) is 17.5 Å². The van der Waals surface area contributed by atoms with Crippen molar-refractivity contribution in [3.63, 3.8) is 0 Å². The molecule has 1 aliphatic rings. The van der Waals surface area contributed by atoms with E-state index in [1.165, 1.54) is 16.7 Å². The van der Waals surface area contributed by atoms with Gasteiger partial charge in [0.25, 0.3) is 0 Å². The molecule has 0 saturated heterocycles. The van der Waals surface area contributed by atoms with Crippen LogP contribution in [0.5, 0.6) is 0 Å². The molecule has 1 aliphatic carbocycles. The Balaban J connectivity index is 1.99. The van der Waals surface area contributed by atoms with Crippen molar-refractivity contribution in [2.75, 3.05) is 0 Å². The van der Waals surface area contributed by atoms with E-state index in [-0.39, 0.29) is 0 Å². The Morgan fingerprint density at radius 1 is 0.818 bits per heavy atom. The SMILES string of the molecule is NC1(N)C=CC(C=Cc2ccccc2)=C(c2ccccc2)C1. The first-order valence-electron chi connectivity index (χ1n) is 7.43. The molecule has 3 rings (SSSR count). The molecule has 0 heterocycles. The summed E-state index contributed by atoms with van der Waals surface area (Å²) in [6.45, 7) is 0. The first-order chi connectivity index (χ1) is 10.6. The van der Waals surface area contributed by atoms with Crippen molar-refractivity contribution in [3.05, 3.63) is 95.6 Å². The highest BCUT2D eigenvalue weighted by Crippen LogP contribution is 2.31. The van der Waals surface area contributed by atoms with E-state index in [1.54, 1.807) is 0 Å². The molecule has 2 aromatic rings. The quantitative estimate of drug-likeness (QED) is 0.846. The molecule has 0 fully saturated rings. The van der Waals surface area contributed by atoms with Gasteiger partial charge in [-0.3, -0.25) is 0 Å². The smallest absolute Gasteiger partial charge is 0.0873 e. The second-order valence-corrected chi connectivity index (χ2v) is 5.67. The average Bonchev–Trinajstić information content (AvgIpc) is 2.55. The summed E-state index contributed by atoms with van der Waals surface area (Å²) in [7, 11) is 0. The fourth-order valence-corrected chi connectivity index (χ4v) is 2.63. The van der Waals surface area contributed by atoms with Crippen LogP contribution in [-0.2, 0) is 0 Å². The van der Waals surface area contributed by atoms with Crippen molar-refractivity contribution < 1.29 is 0 Å². The largest absolute Gasteiger partial charge is 0.310 e. The second-order valence-electron chi connectivity index (χ2n) is 5.67. The fourth-order valence-electron chi connectivity index (χ4n) is 2.63. The Morgan fingerprint density at radius 2 is 1.45 bits per heavy atom. The summed E-state index contributed by atoms with van der Waals surface area (Å²) in [5.41, 5.74) is 16.1. The van der Waals surface area contributed by atoms with E-state index >= 15 is 0 Å². The van der Waals surface area contributed by atoms with Gasteiger partial charge in [0.15, 0.2) is 0 Å². The molecular formula is C20H20N2. The van der Waals surface area contributed by atoms with E-state index in [2.05, 4.69) is 36.4 Å². The molecule has 2 nitrogen and oxygen atoms in total. The van der Waals surface area contributed by atoms with E-state index in [0.29, 0.717) is 6.42 Å². The molecule has 0 unspecified atom stereocenters. The number of nitrogens with two attached hydrogens (primary N) is 2. The zero-order valence-electron chi connectivity index (χ0n) is 12.4. The highest BCUT2D eigenvalue weighted by atomic mass is 14.9. The number of rotatable bonds is 3. The van der Waals surface area contributed by atoms with Gasteiger partial charge in [-0.2, -0.15) is 0 Å². The Morgan fingerprint density at radius 3 is 2.14 bits per heavy atom. The molecule has 0 bridgehead atoms. The van der Waals surface area contributed by atoms with Crippen molar-refractivity contribution in [2.45, 2.75) is 12.1 Å². The van der Waals surface area contributed by atoms with Gasteiger partial charge in [-0.25, -0.2) is 0 Å². The maximum Gasteiger partial charge on any atom is 0.0873 e. The lowest BCUT2D eigenvalue weighted by Crippen LogP contribution is -2.48. The third kappa shape index (κ3) is 3.42. The van der Waals surface area contributed by atoms with E-state index in [0.717, 1.165) is 5.57 Å². The summed E-state index contributed by atoms with van der Waals surface area (Å²) in [6.07, 6.45) is 8.77. The van der Waals surface area contributed by atoms with Crippen LogP contribution >= 0.6 is 0 Å². The predicted molar refractivity (Wildman–Crippen MR) is 93.7 cm³/mol. The standard InChI is InChI=1S/C20H20N2/c21-20(22)14-13-18(12-11-16-7-3-1-4-8-16)19(15-20)17-9-5-2-6-10-17/h1-14H,15,21-22H2. The number of hydrogen-bond acceptors (Lipinski definition) is 2. The van der Waals surface area contributed by atoms with Gasteiger partial charge in [-0.05, 0) is 28.3 Å². The minimum atomic E-state index is -0.782. The topological polar surface area (TPSA) is 52.0 Å². The molecular weight excluding hydrogens is 268 g/mol. The molecule has 110 valence electrons. The summed E-state index contributed by atoms with van der Waals surface area (Å²) in [4.78, 5) is 0. The molecule has 0 amide bonds. The zero-order valence-corrected chi connectivity index (χ0v) is 12.4. The van der Waals surface area contributed by atoms with Crippen LogP contribution in [-0.4, -0.2) is 5.66 Å².